The summed E-state index contributed by atoms with van der Waals surface area (Å²) in [5, 5.41) is 11.6. The standard InChI is InChI=1S/C14H17FN2O3/c1-9-8-11(15)2-3-12(9)16-14(20)17-6-4-10(5-7-17)13(18)19/h2-3,8,10H,4-7H2,1H3,(H,16,20)(H,18,19). The number of rotatable bonds is 2. The van der Waals surface area contributed by atoms with Gasteiger partial charge >= 0.3 is 12.0 Å². The van der Waals surface area contributed by atoms with Gasteiger partial charge in [-0.2, -0.15) is 0 Å². The van der Waals surface area contributed by atoms with Crippen LogP contribution in [-0.4, -0.2) is 35.1 Å². The molecule has 2 rings (SSSR count). The first-order valence-corrected chi connectivity index (χ1v) is 6.52. The number of amides is 2. The molecule has 1 fully saturated rings. The number of anilines is 1. The maximum atomic E-state index is 13.0. The maximum Gasteiger partial charge on any atom is 0.321 e. The van der Waals surface area contributed by atoms with Crippen molar-refractivity contribution in [2.75, 3.05) is 18.4 Å². The fourth-order valence-corrected chi connectivity index (χ4v) is 2.29. The van der Waals surface area contributed by atoms with E-state index in [1.54, 1.807) is 11.8 Å². The smallest absolute Gasteiger partial charge is 0.321 e. The van der Waals surface area contributed by atoms with E-state index in [1.165, 1.54) is 18.2 Å². The van der Waals surface area contributed by atoms with Gasteiger partial charge in [0.2, 0.25) is 0 Å². The molecule has 0 atom stereocenters. The van der Waals surface area contributed by atoms with Crippen LogP contribution in [0.15, 0.2) is 18.2 Å². The van der Waals surface area contributed by atoms with E-state index in [-0.39, 0.29) is 17.8 Å². The summed E-state index contributed by atoms with van der Waals surface area (Å²) in [6, 6.07) is 3.89. The van der Waals surface area contributed by atoms with Crippen LogP contribution in [0.25, 0.3) is 0 Å². The number of nitrogens with one attached hydrogen (secondary N) is 1. The highest BCUT2D eigenvalue weighted by Gasteiger charge is 2.27. The Hall–Kier alpha value is -2.11. The SMILES string of the molecule is Cc1cc(F)ccc1NC(=O)N1CCC(C(=O)O)CC1. The van der Waals surface area contributed by atoms with E-state index in [4.69, 9.17) is 5.11 Å². The number of benzene rings is 1. The quantitative estimate of drug-likeness (QED) is 0.874. The molecule has 1 aliphatic rings. The third-order valence-corrected chi connectivity index (χ3v) is 3.56. The van der Waals surface area contributed by atoms with Crippen LogP contribution in [-0.2, 0) is 4.79 Å². The van der Waals surface area contributed by atoms with Crippen molar-refractivity contribution in [1.82, 2.24) is 4.90 Å². The van der Waals surface area contributed by atoms with E-state index < -0.39 is 5.97 Å². The Morgan fingerprint density at radius 3 is 2.55 bits per heavy atom. The number of aliphatic carboxylic acids is 1. The van der Waals surface area contributed by atoms with Gasteiger partial charge in [0.15, 0.2) is 0 Å². The Balaban J connectivity index is 1.94. The van der Waals surface area contributed by atoms with Crippen LogP contribution in [0.2, 0.25) is 0 Å². The summed E-state index contributed by atoms with van der Waals surface area (Å²) in [5.74, 6) is -1.52. The van der Waals surface area contributed by atoms with Gasteiger partial charge in [-0.3, -0.25) is 4.79 Å². The average molecular weight is 280 g/mol. The monoisotopic (exact) mass is 280 g/mol. The first kappa shape index (κ1) is 14.3. The van der Waals surface area contributed by atoms with Gasteiger partial charge in [0.05, 0.1) is 5.92 Å². The van der Waals surface area contributed by atoms with Crippen LogP contribution in [0.5, 0.6) is 0 Å². The van der Waals surface area contributed by atoms with Gasteiger partial charge < -0.3 is 15.3 Å². The molecule has 0 aliphatic carbocycles. The molecule has 1 aliphatic heterocycles. The molecule has 1 saturated heterocycles. The van der Waals surface area contributed by atoms with E-state index in [1.807, 2.05) is 0 Å². The van der Waals surface area contributed by atoms with E-state index >= 15 is 0 Å². The fraction of sp³-hybridized carbons (Fsp3) is 0.429. The Morgan fingerprint density at radius 1 is 1.35 bits per heavy atom. The molecule has 0 bridgehead atoms. The molecule has 2 N–H and O–H groups in total. The topological polar surface area (TPSA) is 69.6 Å². The lowest BCUT2D eigenvalue weighted by Crippen LogP contribution is -2.42. The second-order valence-electron chi connectivity index (χ2n) is 4.99. The normalized spacial score (nSPS) is 16.0. The van der Waals surface area contributed by atoms with Crippen molar-refractivity contribution in [2.24, 2.45) is 5.92 Å². The van der Waals surface area contributed by atoms with Gasteiger partial charge in [0, 0.05) is 18.8 Å². The van der Waals surface area contributed by atoms with Crippen LogP contribution in [0.3, 0.4) is 0 Å². The number of halogens is 1. The highest BCUT2D eigenvalue weighted by Crippen LogP contribution is 2.20. The minimum Gasteiger partial charge on any atom is -0.481 e. The van der Waals surface area contributed by atoms with Gasteiger partial charge in [-0.15, -0.1) is 0 Å². The highest BCUT2D eigenvalue weighted by molar-refractivity contribution is 5.90. The summed E-state index contributed by atoms with van der Waals surface area (Å²) in [5.41, 5.74) is 1.22. The Morgan fingerprint density at radius 2 is 2.00 bits per heavy atom. The number of urea groups is 1. The molecule has 0 spiro atoms. The molecule has 2 amide bonds. The van der Waals surface area contributed by atoms with Crippen LogP contribution < -0.4 is 5.32 Å². The second-order valence-corrected chi connectivity index (χ2v) is 4.99. The van der Waals surface area contributed by atoms with Gasteiger partial charge in [-0.1, -0.05) is 0 Å². The number of carboxylic acids is 1. The minimum atomic E-state index is -0.806. The lowest BCUT2D eigenvalue weighted by atomic mass is 9.97. The molecule has 0 saturated carbocycles. The van der Waals surface area contributed by atoms with Crippen molar-refractivity contribution in [2.45, 2.75) is 19.8 Å². The molecular formula is C14H17FN2O3. The molecule has 108 valence electrons. The van der Waals surface area contributed by atoms with Crippen molar-refractivity contribution >= 4 is 17.7 Å². The molecule has 20 heavy (non-hydrogen) atoms. The van der Waals surface area contributed by atoms with Crippen LogP contribution >= 0.6 is 0 Å². The number of aryl methyl sites for hydroxylation is 1. The Bertz CT molecular complexity index is 525. The lowest BCUT2D eigenvalue weighted by Gasteiger charge is -2.30. The van der Waals surface area contributed by atoms with Crippen molar-refractivity contribution in [3.8, 4) is 0 Å². The van der Waals surface area contributed by atoms with E-state index in [9.17, 15) is 14.0 Å². The molecule has 5 nitrogen and oxygen atoms in total. The molecular weight excluding hydrogens is 263 g/mol. The molecule has 0 aromatic heterocycles. The molecule has 0 unspecified atom stereocenters. The number of carboxylic acid groups (broad SMARTS) is 1. The molecule has 0 radical (unpaired) electrons. The third-order valence-electron chi connectivity index (χ3n) is 3.56. The summed E-state index contributed by atoms with van der Waals surface area (Å²) < 4.78 is 13.0. The van der Waals surface area contributed by atoms with Crippen molar-refractivity contribution in [3.63, 3.8) is 0 Å². The first-order chi connectivity index (χ1) is 9.47. The molecule has 6 heteroatoms. The largest absolute Gasteiger partial charge is 0.481 e. The van der Waals surface area contributed by atoms with E-state index in [0.29, 0.717) is 37.2 Å². The maximum absolute atomic E-state index is 13.0. The van der Waals surface area contributed by atoms with Crippen molar-refractivity contribution < 1.29 is 19.1 Å². The third kappa shape index (κ3) is 3.26. The number of hydrogen-bond donors (Lipinski definition) is 2. The summed E-state index contributed by atoms with van der Waals surface area (Å²) in [4.78, 5) is 24.5. The van der Waals surface area contributed by atoms with Crippen LogP contribution in [0.1, 0.15) is 18.4 Å². The zero-order chi connectivity index (χ0) is 14.7. The number of carbonyl (C=O) groups is 2. The summed E-state index contributed by atoms with van der Waals surface area (Å²) in [7, 11) is 0. The zero-order valence-corrected chi connectivity index (χ0v) is 11.2. The van der Waals surface area contributed by atoms with Crippen LogP contribution in [0.4, 0.5) is 14.9 Å². The summed E-state index contributed by atoms with van der Waals surface area (Å²) >= 11 is 0. The molecule has 1 aromatic rings. The molecule has 1 heterocycles. The average Bonchev–Trinajstić information content (AvgIpc) is 2.42. The Kier molecular flexibility index (Phi) is 4.22. The lowest BCUT2D eigenvalue weighted by molar-refractivity contribution is -0.143. The predicted molar refractivity (Wildman–Crippen MR) is 72.1 cm³/mol. The fourth-order valence-electron chi connectivity index (χ4n) is 2.29. The van der Waals surface area contributed by atoms with Gasteiger partial charge in [0.1, 0.15) is 5.82 Å². The van der Waals surface area contributed by atoms with Gasteiger partial charge in [-0.25, -0.2) is 9.18 Å². The van der Waals surface area contributed by atoms with Crippen LogP contribution in [0, 0.1) is 18.7 Å². The number of nitrogens with zero attached hydrogens (tertiary/aromatic N) is 1. The predicted octanol–water partition coefficient (Wildman–Crippen LogP) is 2.46. The highest BCUT2D eigenvalue weighted by atomic mass is 19.1. The second kappa shape index (κ2) is 5.90. The van der Waals surface area contributed by atoms with Gasteiger partial charge in [0.25, 0.3) is 0 Å². The number of carbonyl (C=O) groups excluding carboxylic acids is 1. The minimum absolute atomic E-state index is 0.274. The summed E-state index contributed by atoms with van der Waals surface area (Å²) in [6.45, 7) is 2.56. The molecule has 1 aromatic carbocycles. The van der Waals surface area contributed by atoms with Crippen molar-refractivity contribution in [3.05, 3.63) is 29.6 Å². The number of hydrogen-bond acceptors (Lipinski definition) is 2. The van der Waals surface area contributed by atoms with E-state index in [2.05, 4.69) is 5.32 Å². The first-order valence-electron chi connectivity index (χ1n) is 6.52. The zero-order valence-electron chi connectivity index (χ0n) is 11.2. The Labute approximate surface area is 116 Å². The van der Waals surface area contributed by atoms with Crippen molar-refractivity contribution in [1.29, 1.82) is 0 Å². The van der Waals surface area contributed by atoms with Gasteiger partial charge in [-0.05, 0) is 43.5 Å². The number of piperidine rings is 1. The number of likely N-dealkylation sites (tertiary alicyclic amines) is 1. The summed E-state index contributed by atoms with van der Waals surface area (Å²) in [6.07, 6.45) is 0.927. The van der Waals surface area contributed by atoms with E-state index in [0.717, 1.165) is 0 Å².